The number of ether oxygens (including phenoxy) is 1. The maximum absolute atomic E-state index is 13.9. The van der Waals surface area contributed by atoms with Gasteiger partial charge in [-0.25, -0.2) is 13.4 Å². The highest BCUT2D eigenvalue weighted by Crippen LogP contribution is 2.35. The van der Waals surface area contributed by atoms with E-state index in [1.165, 1.54) is 52.1 Å². The van der Waals surface area contributed by atoms with Crippen LogP contribution in [0.4, 0.5) is 5.13 Å². The highest BCUT2D eigenvalue weighted by atomic mass is 32.2. The lowest BCUT2D eigenvalue weighted by molar-refractivity contribution is 0.0985. The van der Waals surface area contributed by atoms with Crippen molar-refractivity contribution >= 4 is 42.6 Å². The van der Waals surface area contributed by atoms with Crippen LogP contribution in [0.2, 0.25) is 0 Å². The third-order valence-electron chi connectivity index (χ3n) is 6.19. The minimum atomic E-state index is -3.79. The Hall–Kier alpha value is -3.80. The zero-order chi connectivity index (χ0) is 28.9. The topological polar surface area (TPSA) is 97.6 Å². The Balaban J connectivity index is 1.69. The molecule has 9 nitrogen and oxygen atoms in total. The first-order valence-corrected chi connectivity index (χ1v) is 15.1. The zero-order valence-electron chi connectivity index (χ0n) is 22.9. The van der Waals surface area contributed by atoms with Crippen molar-refractivity contribution in [2.45, 2.75) is 32.2 Å². The van der Waals surface area contributed by atoms with Crippen LogP contribution in [0.15, 0.2) is 78.7 Å². The van der Waals surface area contributed by atoms with Crippen molar-refractivity contribution < 1.29 is 17.9 Å². The minimum Gasteiger partial charge on any atom is -0.492 e. The number of amides is 1. The number of para-hydroxylation sites is 1. The van der Waals surface area contributed by atoms with Gasteiger partial charge in [0.1, 0.15) is 11.3 Å². The summed E-state index contributed by atoms with van der Waals surface area (Å²) >= 11 is 1.40. The number of hydrogen-bond acceptors (Lipinski definition) is 7. The quantitative estimate of drug-likeness (QED) is 0.202. The number of fused-ring (bicyclic) bond motifs is 1. The van der Waals surface area contributed by atoms with Crippen molar-refractivity contribution in [1.82, 2.24) is 19.1 Å². The lowest BCUT2D eigenvalue weighted by Gasteiger charge is -2.21. The van der Waals surface area contributed by atoms with E-state index >= 15 is 0 Å². The monoisotopic (exact) mass is 579 g/mol. The van der Waals surface area contributed by atoms with Crippen LogP contribution in [0, 0.1) is 13.8 Å². The van der Waals surface area contributed by atoms with Gasteiger partial charge < -0.3 is 4.74 Å². The molecular formula is C29H33N5O4S2. The molecule has 40 heavy (non-hydrogen) atoms. The van der Waals surface area contributed by atoms with Crippen molar-refractivity contribution in [3.63, 3.8) is 0 Å². The molecule has 4 rings (SSSR count). The lowest BCUT2D eigenvalue weighted by Crippen LogP contribution is -2.34. The lowest BCUT2D eigenvalue weighted by atomic mass is 10.2. The van der Waals surface area contributed by atoms with Crippen LogP contribution < -0.4 is 9.64 Å². The summed E-state index contributed by atoms with van der Waals surface area (Å²) < 4.78 is 36.0. The van der Waals surface area contributed by atoms with E-state index in [-0.39, 0.29) is 23.9 Å². The Bertz CT molecular complexity index is 1610. The number of anilines is 1. The van der Waals surface area contributed by atoms with E-state index in [0.717, 1.165) is 16.1 Å². The van der Waals surface area contributed by atoms with Crippen molar-refractivity contribution in [3.8, 4) is 5.75 Å². The van der Waals surface area contributed by atoms with E-state index in [0.29, 0.717) is 41.7 Å². The Kier molecular flexibility index (Phi) is 9.18. The molecule has 11 heteroatoms. The second-order valence-corrected chi connectivity index (χ2v) is 12.0. The van der Waals surface area contributed by atoms with Gasteiger partial charge in [0.15, 0.2) is 5.13 Å². The maximum Gasteiger partial charge on any atom is 0.260 e. The molecule has 0 bridgehead atoms. The summed E-state index contributed by atoms with van der Waals surface area (Å²) in [5, 5.41) is 5.05. The first-order valence-electron chi connectivity index (χ1n) is 12.9. The summed E-state index contributed by atoms with van der Waals surface area (Å²) in [7, 11) is -3.79. The van der Waals surface area contributed by atoms with Gasteiger partial charge in [-0.05, 0) is 63.2 Å². The van der Waals surface area contributed by atoms with E-state index < -0.39 is 10.0 Å². The molecule has 0 saturated carbocycles. The maximum atomic E-state index is 13.9. The molecule has 0 N–H and O–H groups in total. The van der Waals surface area contributed by atoms with Gasteiger partial charge in [-0.2, -0.15) is 9.40 Å². The average Bonchev–Trinajstić information content (AvgIpc) is 3.51. The second-order valence-electron chi connectivity index (χ2n) is 9.06. The second kappa shape index (κ2) is 12.6. The van der Waals surface area contributed by atoms with Gasteiger partial charge in [0.2, 0.25) is 10.0 Å². The van der Waals surface area contributed by atoms with E-state index in [1.54, 1.807) is 4.90 Å². The summed E-state index contributed by atoms with van der Waals surface area (Å²) in [6.45, 7) is 14.7. The molecule has 0 atom stereocenters. The fourth-order valence-electron chi connectivity index (χ4n) is 4.31. The number of carbonyl (C=O) groups is 1. The van der Waals surface area contributed by atoms with Gasteiger partial charge in [0.25, 0.3) is 5.91 Å². The van der Waals surface area contributed by atoms with E-state index in [2.05, 4.69) is 18.3 Å². The number of nitrogens with zero attached hydrogens (tertiary/aromatic N) is 5. The van der Waals surface area contributed by atoms with Crippen molar-refractivity contribution in [2.24, 2.45) is 0 Å². The van der Waals surface area contributed by atoms with Crippen molar-refractivity contribution in [3.05, 3.63) is 90.8 Å². The third-order valence-corrected chi connectivity index (χ3v) is 9.08. The molecule has 0 fully saturated rings. The SMILES string of the molecule is C=CCN(CC=C)S(=O)(=O)c1ccc(C(=O)N(CCn2nc(C)cc2C)c2nc3c(OCC)cccc3s2)cc1. The van der Waals surface area contributed by atoms with Gasteiger partial charge in [-0.1, -0.05) is 29.6 Å². The van der Waals surface area contributed by atoms with Gasteiger partial charge in [0, 0.05) is 30.9 Å². The van der Waals surface area contributed by atoms with E-state index in [4.69, 9.17) is 9.72 Å². The number of benzene rings is 2. The predicted molar refractivity (Wildman–Crippen MR) is 160 cm³/mol. The van der Waals surface area contributed by atoms with Gasteiger partial charge in [-0.15, -0.1) is 13.2 Å². The van der Waals surface area contributed by atoms with Crippen LogP contribution in [-0.2, 0) is 16.6 Å². The van der Waals surface area contributed by atoms with Crippen LogP contribution in [0.25, 0.3) is 10.2 Å². The van der Waals surface area contributed by atoms with E-state index in [1.807, 2.05) is 49.7 Å². The van der Waals surface area contributed by atoms with Crippen LogP contribution in [0.3, 0.4) is 0 Å². The Morgan fingerprint density at radius 2 is 1.80 bits per heavy atom. The minimum absolute atomic E-state index is 0.0864. The summed E-state index contributed by atoms with van der Waals surface area (Å²) in [6, 6.07) is 13.7. The molecular weight excluding hydrogens is 546 g/mol. The average molecular weight is 580 g/mol. The predicted octanol–water partition coefficient (Wildman–Crippen LogP) is 5.22. The Labute approximate surface area is 239 Å². The Morgan fingerprint density at radius 1 is 1.10 bits per heavy atom. The molecule has 1 amide bonds. The van der Waals surface area contributed by atoms with Crippen LogP contribution in [-0.4, -0.2) is 59.6 Å². The summed E-state index contributed by atoms with van der Waals surface area (Å²) in [5.41, 5.74) is 2.93. The normalized spacial score (nSPS) is 11.6. The molecule has 0 aliphatic rings. The molecule has 4 aromatic rings. The first kappa shape index (κ1) is 29.2. The molecule has 210 valence electrons. The van der Waals surface area contributed by atoms with Gasteiger partial charge in [-0.3, -0.25) is 14.4 Å². The largest absolute Gasteiger partial charge is 0.492 e. The molecule has 0 unspecified atom stereocenters. The highest BCUT2D eigenvalue weighted by molar-refractivity contribution is 7.89. The van der Waals surface area contributed by atoms with Gasteiger partial charge >= 0.3 is 0 Å². The number of hydrogen-bond donors (Lipinski definition) is 0. The number of sulfonamides is 1. The fourth-order valence-corrected chi connectivity index (χ4v) is 6.70. The number of thiazole rings is 1. The van der Waals surface area contributed by atoms with Crippen LogP contribution >= 0.6 is 11.3 Å². The molecule has 0 spiro atoms. The molecule has 2 aromatic heterocycles. The molecule has 0 saturated heterocycles. The fraction of sp³-hybridized carbons (Fsp3) is 0.276. The summed E-state index contributed by atoms with van der Waals surface area (Å²) in [5.74, 6) is 0.364. The van der Waals surface area contributed by atoms with Gasteiger partial charge in [0.05, 0.1) is 28.4 Å². The standard InChI is InChI=1S/C29H33N5O4S2/c1-6-16-32(17-7-2)40(36,37)24-14-12-23(13-15-24)28(35)33(18-19-34-22(5)20-21(4)31-34)29-30-27-25(38-8-3)10-9-11-26(27)39-29/h6-7,9-15,20H,1-2,8,16-19H2,3-5H3. The molecule has 0 radical (unpaired) electrons. The summed E-state index contributed by atoms with van der Waals surface area (Å²) in [4.78, 5) is 20.4. The summed E-state index contributed by atoms with van der Waals surface area (Å²) in [6.07, 6.45) is 3.04. The molecule has 2 heterocycles. The first-order chi connectivity index (χ1) is 19.2. The number of aryl methyl sites for hydroxylation is 2. The molecule has 2 aromatic carbocycles. The smallest absolute Gasteiger partial charge is 0.260 e. The third kappa shape index (κ3) is 6.16. The number of carbonyl (C=O) groups excluding carboxylic acids is 1. The molecule has 0 aliphatic heterocycles. The number of aromatic nitrogens is 3. The van der Waals surface area contributed by atoms with E-state index in [9.17, 15) is 13.2 Å². The van der Waals surface area contributed by atoms with Crippen molar-refractivity contribution in [2.75, 3.05) is 31.1 Å². The van der Waals surface area contributed by atoms with Crippen molar-refractivity contribution in [1.29, 1.82) is 0 Å². The van der Waals surface area contributed by atoms with Crippen LogP contribution in [0.1, 0.15) is 28.7 Å². The highest BCUT2D eigenvalue weighted by Gasteiger charge is 2.25. The zero-order valence-corrected chi connectivity index (χ0v) is 24.5. The number of rotatable bonds is 13. The van der Waals surface area contributed by atoms with Crippen LogP contribution in [0.5, 0.6) is 5.75 Å². The Morgan fingerprint density at radius 3 is 2.40 bits per heavy atom. The molecule has 0 aliphatic carbocycles.